The van der Waals surface area contributed by atoms with Gasteiger partial charge in [-0.05, 0) is 0 Å². The predicted molar refractivity (Wildman–Crippen MR) is 74.2 cm³/mol. The zero-order chi connectivity index (χ0) is 14.5. The van der Waals surface area contributed by atoms with Gasteiger partial charge in [0, 0.05) is 17.5 Å². The van der Waals surface area contributed by atoms with Gasteiger partial charge in [0.05, 0.1) is 6.20 Å². The maximum Gasteiger partial charge on any atom is 0.247 e. The molecule has 0 radical (unpaired) electrons. The van der Waals surface area contributed by atoms with Crippen molar-refractivity contribution in [2.24, 2.45) is 5.92 Å². The molecule has 2 aromatic rings. The number of anilines is 2. The second-order valence-electron chi connectivity index (χ2n) is 4.33. The molecule has 9 heteroatoms. The van der Waals surface area contributed by atoms with E-state index in [0.717, 1.165) is 0 Å². The monoisotopic (exact) mass is 294 g/mol. The number of hydrogen-bond donors (Lipinski definition) is 2. The lowest BCUT2D eigenvalue weighted by molar-refractivity contribution is -0.119. The van der Waals surface area contributed by atoms with E-state index in [0.29, 0.717) is 10.9 Å². The number of nitrogens with one attached hydrogen (secondary N) is 2. The van der Waals surface area contributed by atoms with Gasteiger partial charge in [-0.1, -0.05) is 19.1 Å². The summed E-state index contributed by atoms with van der Waals surface area (Å²) in [5.41, 5.74) is 0. The number of amides is 2. The van der Waals surface area contributed by atoms with Crippen molar-refractivity contribution in [1.29, 1.82) is 0 Å². The van der Waals surface area contributed by atoms with E-state index in [2.05, 4.69) is 25.9 Å². The molecule has 2 aromatic heterocycles. The molecule has 0 saturated carbocycles. The third kappa shape index (κ3) is 3.85. The second-order valence-corrected chi connectivity index (χ2v) is 5.23. The van der Waals surface area contributed by atoms with Crippen molar-refractivity contribution in [3.05, 3.63) is 17.8 Å². The Hall–Kier alpha value is -2.29. The van der Waals surface area contributed by atoms with Gasteiger partial charge in [-0.3, -0.25) is 9.59 Å². The zero-order valence-corrected chi connectivity index (χ0v) is 11.8. The van der Waals surface area contributed by atoms with Crippen LogP contribution in [0.5, 0.6) is 0 Å². The summed E-state index contributed by atoms with van der Waals surface area (Å²) in [6.45, 7) is 3.56. The summed E-state index contributed by atoms with van der Waals surface area (Å²) in [5.74, 6) is -0.227. The highest BCUT2D eigenvalue weighted by Crippen LogP contribution is 2.10. The molecule has 2 amide bonds. The summed E-state index contributed by atoms with van der Waals surface area (Å²) in [7, 11) is 0. The third-order valence-electron chi connectivity index (χ3n) is 2.30. The Morgan fingerprint density at radius 1 is 1.40 bits per heavy atom. The van der Waals surface area contributed by atoms with E-state index in [9.17, 15) is 9.59 Å². The summed E-state index contributed by atoms with van der Waals surface area (Å²) in [4.78, 5) is 27.1. The third-order valence-corrected chi connectivity index (χ3v) is 2.99. The molecular weight excluding hydrogens is 280 g/mol. The van der Waals surface area contributed by atoms with Gasteiger partial charge in [0.15, 0.2) is 10.9 Å². The number of aromatic nitrogens is 4. The van der Waals surface area contributed by atoms with Gasteiger partial charge in [0.1, 0.15) is 6.54 Å². The number of rotatable bonds is 5. The summed E-state index contributed by atoms with van der Waals surface area (Å²) in [6, 6.07) is 0. The first-order chi connectivity index (χ1) is 9.54. The van der Waals surface area contributed by atoms with Crippen LogP contribution in [0, 0.1) is 5.92 Å². The SMILES string of the molecule is CC(C)C(=O)Nc1cn(CC(=O)Nc2nccs2)nn1. The quantitative estimate of drug-likeness (QED) is 0.855. The second kappa shape index (κ2) is 6.24. The molecule has 0 saturated heterocycles. The molecule has 106 valence electrons. The first kappa shape index (κ1) is 14.1. The zero-order valence-electron chi connectivity index (χ0n) is 11.0. The Morgan fingerprint density at radius 3 is 2.85 bits per heavy atom. The first-order valence-corrected chi connectivity index (χ1v) is 6.83. The maximum atomic E-state index is 11.7. The van der Waals surface area contributed by atoms with Gasteiger partial charge in [0.25, 0.3) is 0 Å². The van der Waals surface area contributed by atoms with Gasteiger partial charge in [-0.15, -0.1) is 16.4 Å². The molecule has 0 aliphatic carbocycles. The Kier molecular flexibility index (Phi) is 4.41. The molecule has 0 bridgehead atoms. The number of hydrogen-bond acceptors (Lipinski definition) is 6. The van der Waals surface area contributed by atoms with Crippen LogP contribution in [0.2, 0.25) is 0 Å². The summed E-state index contributed by atoms with van der Waals surface area (Å²) >= 11 is 1.33. The number of carbonyl (C=O) groups is 2. The predicted octanol–water partition coefficient (Wildman–Crippen LogP) is 0.968. The van der Waals surface area contributed by atoms with Crippen LogP contribution in [0.15, 0.2) is 17.8 Å². The van der Waals surface area contributed by atoms with Crippen molar-refractivity contribution in [2.45, 2.75) is 20.4 Å². The van der Waals surface area contributed by atoms with E-state index in [1.807, 2.05) is 0 Å². The normalized spacial score (nSPS) is 10.6. The van der Waals surface area contributed by atoms with E-state index in [4.69, 9.17) is 0 Å². The highest BCUT2D eigenvalue weighted by Gasteiger charge is 2.11. The molecule has 0 spiro atoms. The van der Waals surface area contributed by atoms with Crippen molar-refractivity contribution in [2.75, 3.05) is 10.6 Å². The van der Waals surface area contributed by atoms with Gasteiger partial charge in [-0.2, -0.15) is 0 Å². The molecule has 8 nitrogen and oxygen atoms in total. The molecule has 0 aliphatic rings. The van der Waals surface area contributed by atoms with Crippen molar-refractivity contribution < 1.29 is 9.59 Å². The summed E-state index contributed by atoms with van der Waals surface area (Å²) < 4.78 is 1.35. The fraction of sp³-hybridized carbons (Fsp3) is 0.364. The van der Waals surface area contributed by atoms with Crippen molar-refractivity contribution in [3.8, 4) is 0 Å². The van der Waals surface area contributed by atoms with Crippen LogP contribution in [0.3, 0.4) is 0 Å². The highest BCUT2D eigenvalue weighted by atomic mass is 32.1. The van der Waals surface area contributed by atoms with Crippen molar-refractivity contribution in [3.63, 3.8) is 0 Å². The van der Waals surface area contributed by atoms with E-state index >= 15 is 0 Å². The van der Waals surface area contributed by atoms with E-state index < -0.39 is 0 Å². The molecule has 2 rings (SSSR count). The highest BCUT2D eigenvalue weighted by molar-refractivity contribution is 7.13. The lowest BCUT2D eigenvalue weighted by Crippen LogP contribution is -2.19. The van der Waals surface area contributed by atoms with Gasteiger partial charge >= 0.3 is 0 Å². The molecule has 0 fully saturated rings. The molecule has 2 N–H and O–H groups in total. The molecule has 0 aromatic carbocycles. The van der Waals surface area contributed by atoms with Crippen LogP contribution < -0.4 is 10.6 Å². The fourth-order valence-corrected chi connectivity index (χ4v) is 1.84. The maximum absolute atomic E-state index is 11.7. The Morgan fingerprint density at radius 2 is 2.20 bits per heavy atom. The standard InChI is InChI=1S/C11H14N6O2S/c1-7(2)10(19)13-8-5-17(16-15-8)6-9(18)14-11-12-3-4-20-11/h3-5,7H,6H2,1-2H3,(H,13,19)(H,12,14,18). The summed E-state index contributed by atoms with van der Waals surface area (Å²) in [6.07, 6.45) is 3.11. The average molecular weight is 294 g/mol. The van der Waals surface area contributed by atoms with Crippen LogP contribution in [0.1, 0.15) is 13.8 Å². The Bertz CT molecular complexity index is 592. The van der Waals surface area contributed by atoms with Gasteiger partial charge in [-0.25, -0.2) is 9.67 Å². The molecule has 0 atom stereocenters. The minimum atomic E-state index is -0.258. The van der Waals surface area contributed by atoms with Crippen LogP contribution in [0.4, 0.5) is 10.9 Å². The topological polar surface area (TPSA) is 102 Å². The molecule has 0 unspecified atom stereocenters. The van der Waals surface area contributed by atoms with Gasteiger partial charge in [0.2, 0.25) is 11.8 Å². The lowest BCUT2D eigenvalue weighted by atomic mass is 10.2. The van der Waals surface area contributed by atoms with E-state index in [-0.39, 0.29) is 24.3 Å². The molecule has 2 heterocycles. The van der Waals surface area contributed by atoms with Crippen molar-refractivity contribution in [1.82, 2.24) is 20.0 Å². The largest absolute Gasteiger partial charge is 0.308 e. The molecule has 0 aliphatic heterocycles. The van der Waals surface area contributed by atoms with Crippen LogP contribution in [0.25, 0.3) is 0 Å². The number of nitrogens with zero attached hydrogens (tertiary/aromatic N) is 4. The fourth-order valence-electron chi connectivity index (χ4n) is 1.29. The lowest BCUT2D eigenvalue weighted by Gasteiger charge is -2.03. The number of thiazole rings is 1. The smallest absolute Gasteiger partial charge is 0.247 e. The average Bonchev–Trinajstić information content (AvgIpc) is 3.01. The van der Waals surface area contributed by atoms with Crippen molar-refractivity contribution >= 4 is 34.1 Å². The molecular formula is C11H14N6O2S. The first-order valence-electron chi connectivity index (χ1n) is 5.95. The minimum Gasteiger partial charge on any atom is -0.308 e. The van der Waals surface area contributed by atoms with Gasteiger partial charge < -0.3 is 10.6 Å². The minimum absolute atomic E-state index is 0.00410. The van der Waals surface area contributed by atoms with E-state index in [1.165, 1.54) is 22.2 Å². The van der Waals surface area contributed by atoms with Crippen LogP contribution >= 0.6 is 11.3 Å². The Balaban J connectivity index is 1.89. The number of carbonyl (C=O) groups excluding carboxylic acids is 2. The van der Waals surface area contributed by atoms with Crippen LogP contribution in [-0.4, -0.2) is 31.8 Å². The molecule has 20 heavy (non-hydrogen) atoms. The summed E-state index contributed by atoms with van der Waals surface area (Å²) in [5, 5.41) is 15.1. The van der Waals surface area contributed by atoms with Crippen LogP contribution in [-0.2, 0) is 16.1 Å². The Labute approximate surface area is 119 Å². The van der Waals surface area contributed by atoms with E-state index in [1.54, 1.807) is 25.4 Å².